The minimum Gasteiger partial charge on any atom is -0.202 e. The number of rotatable bonds is 1. The molecule has 1 aromatic heterocycles. The van der Waals surface area contributed by atoms with Crippen LogP contribution in [0.4, 0.5) is 8.78 Å². The molecular weight excluding hydrogens is 126 g/mol. The summed E-state index contributed by atoms with van der Waals surface area (Å²) >= 11 is 0. The van der Waals surface area contributed by atoms with Crippen molar-refractivity contribution in [3.05, 3.63) is 18.0 Å². The van der Waals surface area contributed by atoms with Crippen LogP contribution >= 0.6 is 0 Å². The summed E-state index contributed by atoms with van der Waals surface area (Å²) in [6, 6.07) is 1.41. The number of hydrogen-bond donors (Lipinski definition) is 0. The van der Waals surface area contributed by atoms with Gasteiger partial charge in [0.2, 0.25) is 0 Å². The zero-order valence-corrected chi connectivity index (χ0v) is 4.81. The van der Waals surface area contributed by atoms with Crippen molar-refractivity contribution in [2.75, 3.05) is 0 Å². The van der Waals surface area contributed by atoms with Gasteiger partial charge in [-0.25, -0.2) is 4.68 Å². The maximum Gasteiger partial charge on any atom is 0.333 e. The van der Waals surface area contributed by atoms with Gasteiger partial charge in [0.1, 0.15) is 0 Å². The molecule has 1 heterocycles. The topological polar surface area (TPSA) is 17.8 Å². The summed E-state index contributed by atoms with van der Waals surface area (Å²) in [7, 11) is 0. The number of hydrogen-bond acceptors (Lipinski definition) is 1. The highest BCUT2D eigenvalue weighted by Crippen LogP contribution is 2.06. The molecule has 0 unspecified atom stereocenters. The van der Waals surface area contributed by atoms with E-state index in [1.165, 1.54) is 6.07 Å². The van der Waals surface area contributed by atoms with Crippen molar-refractivity contribution in [2.45, 2.75) is 13.5 Å². The molecule has 1 aromatic rings. The maximum atomic E-state index is 11.6. The predicted octanol–water partition coefficient (Wildman–Crippen LogP) is 1.39. The molecule has 1 rings (SSSR count). The monoisotopic (exact) mass is 131 g/mol. The van der Waals surface area contributed by atoms with Crippen molar-refractivity contribution in [3.63, 3.8) is 0 Å². The fourth-order valence-electron chi connectivity index (χ4n) is 0.487. The highest BCUT2D eigenvalue weighted by Gasteiger charge is 2.04. The molecule has 0 aliphatic rings. The molecule has 0 aliphatic carbocycles. The van der Waals surface area contributed by atoms with Crippen LogP contribution in [0.5, 0.6) is 0 Å². The van der Waals surface area contributed by atoms with E-state index in [1.54, 1.807) is 6.92 Å². The van der Waals surface area contributed by atoms with Crippen LogP contribution in [0.25, 0.3) is 0 Å². The van der Waals surface area contributed by atoms with Gasteiger partial charge in [0.15, 0.2) is 0 Å². The Morgan fingerprint density at radius 2 is 2.44 bits per heavy atom. The summed E-state index contributed by atoms with van der Waals surface area (Å²) < 4.78 is 23.8. The Hall–Kier alpha value is -0.930. The van der Waals surface area contributed by atoms with Crippen LogP contribution in [0.3, 0.4) is 0 Å². The molecule has 0 amide bonds. The summed E-state index contributed by atoms with van der Waals surface area (Å²) in [4.78, 5) is 0. The van der Waals surface area contributed by atoms with Gasteiger partial charge in [0.25, 0.3) is 0 Å². The molecule has 4 heteroatoms. The Labute approximate surface area is 51.1 Å². The first kappa shape index (κ1) is 6.19. The normalized spacial score (nSPS) is 10.7. The van der Waals surface area contributed by atoms with E-state index < -0.39 is 6.55 Å². The van der Waals surface area contributed by atoms with Crippen molar-refractivity contribution in [3.8, 4) is 0 Å². The Kier molecular flexibility index (Phi) is 1.46. The van der Waals surface area contributed by atoms with E-state index in [9.17, 15) is 8.78 Å². The van der Waals surface area contributed by atoms with Crippen LogP contribution in [0.1, 0.15) is 12.2 Å². The molecule has 0 atom stereocenters. The highest BCUT2D eigenvalue weighted by atomic mass is 19.3. The minimum atomic E-state index is -2.57. The molecule has 0 fully saturated rings. The molecule has 0 spiro atoms. The van der Waals surface area contributed by atoms with Gasteiger partial charge < -0.3 is 0 Å². The Morgan fingerprint density at radius 3 is 2.67 bits per heavy atom. The van der Waals surface area contributed by atoms with Crippen molar-refractivity contribution in [2.24, 2.45) is 0 Å². The van der Waals surface area contributed by atoms with Crippen LogP contribution in [0.2, 0.25) is 0 Å². The van der Waals surface area contributed by atoms with Crippen molar-refractivity contribution in [1.29, 1.82) is 0 Å². The largest absolute Gasteiger partial charge is 0.333 e. The first-order chi connectivity index (χ1) is 4.20. The van der Waals surface area contributed by atoms with Crippen molar-refractivity contribution < 1.29 is 8.78 Å². The molecule has 1 radical (unpaired) electrons. The Bertz CT molecular complexity index is 195. The number of aromatic nitrogens is 2. The summed E-state index contributed by atoms with van der Waals surface area (Å²) in [6.45, 7) is -0.936. The third-order valence-corrected chi connectivity index (χ3v) is 0.856. The van der Waals surface area contributed by atoms with E-state index in [0.717, 1.165) is 0 Å². The maximum absolute atomic E-state index is 11.6. The Morgan fingerprint density at radius 1 is 1.78 bits per heavy atom. The average Bonchev–Trinajstić information content (AvgIpc) is 2.14. The van der Waals surface area contributed by atoms with Crippen LogP contribution in [0.15, 0.2) is 6.07 Å². The first-order valence-electron chi connectivity index (χ1n) is 2.42. The van der Waals surface area contributed by atoms with Gasteiger partial charge in [-0.2, -0.15) is 13.9 Å². The highest BCUT2D eigenvalue weighted by molar-refractivity contribution is 4.93. The molecule has 0 bridgehead atoms. The summed E-state index contributed by atoms with van der Waals surface area (Å²) in [5.74, 6) is 0. The van der Waals surface area contributed by atoms with Gasteiger partial charge in [0, 0.05) is 0 Å². The Balaban J connectivity index is 2.85. The second-order valence-corrected chi connectivity index (χ2v) is 1.64. The lowest BCUT2D eigenvalue weighted by Crippen LogP contribution is -1.98. The molecular formula is C5H5F2N2. The third kappa shape index (κ3) is 1.25. The lowest BCUT2D eigenvalue weighted by molar-refractivity contribution is 0.0554. The number of halogens is 2. The molecule has 9 heavy (non-hydrogen) atoms. The average molecular weight is 131 g/mol. The van der Waals surface area contributed by atoms with Gasteiger partial charge in [0.05, 0.1) is 11.9 Å². The first-order valence-corrected chi connectivity index (χ1v) is 2.42. The van der Waals surface area contributed by atoms with Gasteiger partial charge >= 0.3 is 6.55 Å². The van der Waals surface area contributed by atoms with Gasteiger partial charge in [-0.15, -0.1) is 0 Å². The van der Waals surface area contributed by atoms with E-state index in [0.29, 0.717) is 10.4 Å². The van der Waals surface area contributed by atoms with E-state index in [1.807, 2.05) is 0 Å². The van der Waals surface area contributed by atoms with Crippen LogP contribution < -0.4 is 0 Å². The minimum absolute atomic E-state index is 0.495. The fourth-order valence-corrected chi connectivity index (χ4v) is 0.487. The quantitative estimate of drug-likeness (QED) is 0.563. The van der Waals surface area contributed by atoms with Crippen molar-refractivity contribution in [1.82, 2.24) is 9.78 Å². The second kappa shape index (κ2) is 2.13. The molecule has 0 saturated heterocycles. The molecule has 0 N–H and O–H groups in total. The summed E-state index contributed by atoms with van der Waals surface area (Å²) in [5, 5.41) is 3.42. The van der Waals surface area contributed by atoms with Gasteiger partial charge in [-0.1, -0.05) is 0 Å². The summed E-state index contributed by atoms with van der Waals surface area (Å²) in [6.07, 6.45) is 2.26. The van der Waals surface area contributed by atoms with Crippen LogP contribution in [-0.2, 0) is 0 Å². The SMILES string of the molecule is Cc1c[c]n(C(F)F)n1. The fraction of sp³-hybridized carbons (Fsp3) is 0.400. The zero-order valence-electron chi connectivity index (χ0n) is 4.81. The van der Waals surface area contributed by atoms with Gasteiger partial charge in [-0.05, 0) is 13.0 Å². The second-order valence-electron chi connectivity index (χ2n) is 1.64. The number of nitrogens with zero attached hydrogens (tertiary/aromatic N) is 2. The molecule has 2 nitrogen and oxygen atoms in total. The van der Waals surface area contributed by atoms with Crippen LogP contribution in [0, 0.1) is 13.1 Å². The van der Waals surface area contributed by atoms with Crippen LogP contribution in [-0.4, -0.2) is 9.78 Å². The zero-order chi connectivity index (χ0) is 6.85. The van der Waals surface area contributed by atoms with E-state index in [2.05, 4.69) is 11.3 Å². The van der Waals surface area contributed by atoms with Crippen molar-refractivity contribution >= 4 is 0 Å². The standard InChI is InChI=1S/C5H5F2N2/c1-4-2-3-9(8-4)5(6)7/h2,5H,1H3. The third-order valence-electron chi connectivity index (χ3n) is 0.856. The molecule has 0 aromatic carbocycles. The number of aryl methyl sites for hydroxylation is 1. The molecule has 0 saturated carbocycles. The van der Waals surface area contributed by atoms with E-state index >= 15 is 0 Å². The molecule has 0 aliphatic heterocycles. The predicted molar refractivity (Wildman–Crippen MR) is 27.1 cm³/mol. The smallest absolute Gasteiger partial charge is 0.202 e. The number of alkyl halides is 2. The van der Waals surface area contributed by atoms with E-state index in [-0.39, 0.29) is 0 Å². The summed E-state index contributed by atoms with van der Waals surface area (Å²) in [5.41, 5.74) is 0.551. The molecule has 49 valence electrons. The lowest BCUT2D eigenvalue weighted by atomic mass is 10.5. The van der Waals surface area contributed by atoms with E-state index in [4.69, 9.17) is 0 Å². The lowest BCUT2D eigenvalue weighted by Gasteiger charge is -1.93. The van der Waals surface area contributed by atoms with Gasteiger partial charge in [-0.3, -0.25) is 0 Å².